The molecule has 86 heteroatoms. The Morgan fingerprint density at radius 1 is 0.326 bits per heavy atom. The molecule has 8 aliphatic rings. The van der Waals surface area contributed by atoms with Gasteiger partial charge in [0.2, 0.25) is 0 Å². The smallest absolute Gasteiger partial charge is 0.415 e. The predicted molar refractivity (Wildman–Crippen MR) is 279 cm³/mol. The van der Waals surface area contributed by atoms with Crippen molar-refractivity contribution in [3.63, 3.8) is 0 Å². The summed E-state index contributed by atoms with van der Waals surface area (Å²) >= 11 is 0. The molecule has 0 amide bonds. The maximum absolute atomic E-state index is 11.0. The van der Waals surface area contributed by atoms with Crippen molar-refractivity contribution in [3.05, 3.63) is 0 Å². The summed E-state index contributed by atoms with van der Waals surface area (Å²) in [7, 11) is -145. The van der Waals surface area contributed by atoms with Crippen molar-refractivity contribution in [3.8, 4) is 0 Å². The van der Waals surface area contributed by atoms with E-state index in [1.165, 1.54) is 0 Å². The average Bonchev–Trinajstić information content (AvgIpc) is 3.71. The van der Waals surface area contributed by atoms with Crippen LogP contribution in [-0.4, -0.2) is 452 Å². The molecule has 0 radical (unpaired) electrons. The zero-order chi connectivity index (χ0) is 69.6. The van der Waals surface area contributed by atoms with E-state index in [0.29, 0.717) is 0 Å². The van der Waals surface area contributed by atoms with Crippen LogP contribution in [0.15, 0.2) is 0 Å². The molecule has 0 aromatic rings. The molecule has 48 N–H and O–H groups in total. The molecule has 8 rings (SSSR count). The van der Waals surface area contributed by atoms with Gasteiger partial charge in [-0.1, -0.05) is 0 Å². The molecule has 514 valence electrons. The van der Waals surface area contributed by atoms with Crippen LogP contribution in [0.25, 0.3) is 0 Å². The fourth-order valence-electron chi connectivity index (χ4n) is 6.06. The Morgan fingerprint density at radius 3 is 0.756 bits per heavy atom. The minimum Gasteiger partial charge on any atom is -0.415 e. The topological polar surface area (TPSA) is 1080 Å². The first-order chi connectivity index (χ1) is 36.7. The van der Waals surface area contributed by atoms with Gasteiger partial charge in [0.25, 0.3) is 10.0 Å². The molecule has 6 atom stereocenters. The highest BCUT2D eigenvalue weighted by atomic mass is 30.3. The summed E-state index contributed by atoms with van der Waals surface area (Å²) in [6, 6.07) is 0. The van der Waals surface area contributed by atoms with Gasteiger partial charge in [-0.05, 0) is 0 Å². The standard InChI is InChI=1S/H20O21Si12.H12O16Si5.H6O7Si4.H6O6Si2.H4O5Si2.H4O4Si2/c1-22(2)29(14)20-32(17)26(8,9)30(15)19-23(3)24(4,5)31(16,25(29,6)7)21-33(18,27(30,10)11)28(32,12)13;1-17(2,3)13-19(7,8)15-21(11,12)16-20(9,10)14-18(4,5)6;1-8(2)10(5)7-11(8,6)9(10,3)4;1-7(2,3)8(4,5)6;1-6(2)5-7(6,3)4;1-6(2)3-5-4-6/h1-18,22-23H;1-12H;1-6H;1-6H;1-4H;1-2H,5H2. The van der Waals surface area contributed by atoms with Crippen molar-refractivity contribution in [1.29, 1.82) is 0 Å². The minimum absolute atomic E-state index is 0.937. The van der Waals surface area contributed by atoms with Crippen molar-refractivity contribution >= 4 is 222 Å². The third kappa shape index (κ3) is 14.9. The molecule has 59 nitrogen and oxygen atoms in total. The highest BCUT2D eigenvalue weighted by Gasteiger charge is 3.14. The summed E-state index contributed by atoms with van der Waals surface area (Å²) in [6.07, 6.45) is 0. The molecule has 8 heterocycles. The second-order valence-corrected chi connectivity index (χ2v) is 150. The van der Waals surface area contributed by atoms with Crippen LogP contribution < -0.4 is 0 Å². The van der Waals surface area contributed by atoms with Crippen LogP contribution in [0, 0.1) is 0 Å². The molecule has 0 aromatic carbocycles. The molecule has 0 aliphatic carbocycles. The summed E-state index contributed by atoms with van der Waals surface area (Å²) in [6.45, 7) is 0. The lowest BCUT2D eigenvalue weighted by Gasteiger charge is -2.69. The first kappa shape index (κ1) is 85.6. The Balaban J connectivity index is 0.000000401. The van der Waals surface area contributed by atoms with Gasteiger partial charge in [0.1, 0.15) is 0 Å². The number of rotatable bonds is 10. The third-order valence-corrected chi connectivity index (χ3v) is 227. The molecular formula is H52O59Si27. The summed E-state index contributed by atoms with van der Waals surface area (Å²) in [5.74, 6) is 0. The van der Waals surface area contributed by atoms with Crippen LogP contribution in [0.1, 0.15) is 0 Å². The quantitative estimate of drug-likeness (QED) is 0.0713. The predicted octanol–water partition coefficient (Wildman–Crippen LogP) is -38.8. The maximum Gasteiger partial charge on any atom is 0.665 e. The van der Waals surface area contributed by atoms with Crippen molar-refractivity contribution < 1.29 is 275 Å². The van der Waals surface area contributed by atoms with Crippen LogP contribution in [0.3, 0.4) is 0 Å². The Morgan fingerprint density at radius 2 is 0.558 bits per heavy atom. The molecule has 6 bridgehead atoms. The third-order valence-electron chi connectivity index (χ3n) is 10.7. The normalized spacial score (nSPS) is 36.7. The van der Waals surface area contributed by atoms with Gasteiger partial charge in [-0.3, -0.25) is 0 Å². The second-order valence-electron chi connectivity index (χ2n) is 17.2. The van der Waals surface area contributed by atoms with Gasteiger partial charge in [-0.2, -0.15) is 0 Å². The molecule has 8 fully saturated rings. The first-order valence-electron chi connectivity index (χ1n) is 19.9. The molecule has 0 spiro atoms. The lowest BCUT2D eigenvalue weighted by Crippen LogP contribution is -3.21. The van der Waals surface area contributed by atoms with Gasteiger partial charge in [0.15, 0.2) is 0 Å². The number of fused-ring (bicyclic) bond motifs is 3. The van der Waals surface area contributed by atoms with E-state index in [2.05, 4.69) is 45.3 Å². The summed E-state index contributed by atoms with van der Waals surface area (Å²) in [5, 5.41) is 0. The van der Waals surface area contributed by atoms with Crippen LogP contribution in [0.2, 0.25) is 0 Å². The van der Waals surface area contributed by atoms with E-state index in [1.807, 2.05) is 0 Å². The van der Waals surface area contributed by atoms with E-state index in [-0.39, 0.29) is 0 Å². The van der Waals surface area contributed by atoms with Gasteiger partial charge < -0.3 is 275 Å². The monoisotopic (exact) mass is 1750 g/mol. The number of hydrogen-bond donors (Lipinski definition) is 48. The summed E-state index contributed by atoms with van der Waals surface area (Å²) in [5.41, 5.74) is 0. The molecule has 0 aromatic heterocycles. The van der Waals surface area contributed by atoms with Crippen LogP contribution >= 0.6 is 0 Å². The van der Waals surface area contributed by atoms with Gasteiger partial charge in [-0.15, -0.1) is 0 Å². The average molecular weight is 1750 g/mol. The Kier molecular flexibility index (Phi) is 24.6. The van der Waals surface area contributed by atoms with Gasteiger partial charge in [-0.25, -0.2) is 0 Å². The molecule has 6 unspecified atom stereocenters. The summed E-state index contributed by atoms with van der Waals surface area (Å²) in [4.78, 5) is 446. The van der Waals surface area contributed by atoms with E-state index < -0.39 is 222 Å². The number of hydrogen-bond acceptors (Lipinski definition) is 59. The van der Waals surface area contributed by atoms with Crippen molar-refractivity contribution in [2.24, 2.45) is 0 Å². The highest BCUT2D eigenvalue weighted by molar-refractivity contribution is 8.11. The molecule has 86 heavy (non-hydrogen) atoms. The van der Waals surface area contributed by atoms with Crippen molar-refractivity contribution in [1.82, 2.24) is 0 Å². The van der Waals surface area contributed by atoms with E-state index in [4.69, 9.17) is 144 Å². The van der Waals surface area contributed by atoms with Gasteiger partial charge in [0, 0.05) is 0 Å². The van der Waals surface area contributed by atoms with E-state index in [0.717, 1.165) is 0 Å². The minimum atomic E-state index is -6.84. The first-order valence-corrected chi connectivity index (χ1v) is 85.5. The second kappa shape index (κ2) is 24.7. The van der Waals surface area contributed by atoms with E-state index in [9.17, 15) is 86.3 Å². The lowest BCUT2D eigenvalue weighted by atomic mass is 15.5. The maximum atomic E-state index is 11.0. The fourth-order valence-corrected chi connectivity index (χ4v) is 315. The molecule has 8 saturated heterocycles. The van der Waals surface area contributed by atoms with Crippen LogP contribution in [0.5, 0.6) is 0 Å². The largest absolute Gasteiger partial charge is 0.665 e. The van der Waals surface area contributed by atoms with E-state index >= 15 is 0 Å². The Hall–Kier alpha value is 3.50. The fraction of sp³-hybridized carbons (Fsp3) is 0. The molecule has 0 saturated carbocycles. The molecular weight excluding hydrogens is 1700 g/mol. The highest BCUT2D eigenvalue weighted by Crippen LogP contribution is 2.55. The van der Waals surface area contributed by atoms with Crippen LogP contribution in [-0.2, 0) is 45.3 Å². The SMILES string of the molecule is O[SiH]1O[Si]2(O)[Si](O)(O)[Si]3(O)O[Si](O)([SiH](O)O)[Si](O)(O)[Si](O)(O[Si](O)([Si]2(O)O)[Si]3(O)O)[Si]1(O)O.O[Si](O)(O)O[Si](O)(O)O[Si](O)(O)O[Si](O)(O)O[Si](O)(O)O.O[Si](O)(O)[Si](O)(O)O.O[Si]1(O)O[SiH2]O1.O[Si]1(O)O[Si]1(O)O.O[Si]1(O)[Si]2(O)O[Si]1(O)[Si]2(O)O. The van der Waals surface area contributed by atoms with E-state index in [1.54, 1.807) is 0 Å². The van der Waals surface area contributed by atoms with Gasteiger partial charge in [0.05, 0.1) is 0 Å². The molecule has 8 aliphatic heterocycles. The Bertz CT molecular complexity index is 2230. The zero-order valence-corrected chi connectivity index (χ0v) is 67.5. The van der Waals surface area contributed by atoms with Gasteiger partial charge >= 0.3 is 212 Å². The lowest BCUT2D eigenvalue weighted by molar-refractivity contribution is -0.0165. The summed E-state index contributed by atoms with van der Waals surface area (Å²) < 4.78 is 44.3. The van der Waals surface area contributed by atoms with Crippen molar-refractivity contribution in [2.45, 2.75) is 0 Å². The Labute approximate surface area is 493 Å². The van der Waals surface area contributed by atoms with Crippen molar-refractivity contribution in [2.75, 3.05) is 0 Å². The zero-order valence-electron chi connectivity index (χ0n) is 39.8. The van der Waals surface area contributed by atoms with Crippen LogP contribution in [0.4, 0.5) is 0 Å².